The summed E-state index contributed by atoms with van der Waals surface area (Å²) in [6, 6.07) is 0. The molecule has 1 atom stereocenters. The molecule has 0 aromatic rings. The Morgan fingerprint density at radius 3 is 2.30 bits per heavy atom. The summed E-state index contributed by atoms with van der Waals surface area (Å²) >= 11 is 0. The lowest BCUT2D eigenvalue weighted by Gasteiger charge is -2.18. The maximum atomic E-state index is 5.25. The third-order valence-corrected chi connectivity index (χ3v) is 1.98. The highest BCUT2D eigenvalue weighted by atomic mass is 15.2. The van der Waals surface area contributed by atoms with E-state index in [9.17, 15) is 0 Å². The van der Waals surface area contributed by atoms with Gasteiger partial charge in [-0.15, -0.1) is 0 Å². The summed E-state index contributed by atoms with van der Waals surface area (Å²) in [7, 11) is 0. The minimum absolute atomic E-state index is 0.745. The van der Waals surface area contributed by atoms with Crippen molar-refractivity contribution in [3.8, 4) is 0 Å². The monoisotopic (exact) mass is 144 g/mol. The van der Waals surface area contributed by atoms with Crippen LogP contribution >= 0.6 is 0 Å². The van der Waals surface area contributed by atoms with Crippen molar-refractivity contribution >= 4 is 0 Å². The largest absolute Gasteiger partial charge is 0.271 e. The number of nitrogens with two attached hydrogens (primary N) is 1. The Morgan fingerprint density at radius 2 is 2.00 bits per heavy atom. The fraction of sp³-hybridized carbons (Fsp3) is 1.00. The quantitative estimate of drug-likeness (QED) is 0.453. The molecule has 62 valence electrons. The number of nitrogens with one attached hydrogen (secondary N) is 1. The molecular weight excluding hydrogens is 124 g/mol. The minimum atomic E-state index is 0.745. The maximum absolute atomic E-state index is 5.25. The zero-order valence-corrected chi connectivity index (χ0v) is 7.35. The zero-order chi connectivity index (χ0) is 7.98. The van der Waals surface area contributed by atoms with Crippen LogP contribution in [0.15, 0.2) is 0 Å². The summed E-state index contributed by atoms with van der Waals surface area (Å²) in [5.41, 5.74) is 2.73. The van der Waals surface area contributed by atoms with E-state index in [2.05, 4.69) is 26.2 Å². The van der Waals surface area contributed by atoms with Crippen molar-refractivity contribution in [3.63, 3.8) is 0 Å². The highest BCUT2D eigenvalue weighted by Gasteiger charge is 2.10. The molecule has 0 aromatic carbocycles. The Balaban J connectivity index is 3.50. The summed E-state index contributed by atoms with van der Waals surface area (Å²) in [6.07, 6.45) is 2.53. The fourth-order valence-electron chi connectivity index (χ4n) is 1.19. The van der Waals surface area contributed by atoms with Crippen molar-refractivity contribution in [2.45, 2.75) is 33.6 Å². The topological polar surface area (TPSA) is 38.0 Å². The molecule has 0 aliphatic rings. The molecule has 10 heavy (non-hydrogen) atoms. The Morgan fingerprint density at radius 1 is 1.40 bits per heavy atom. The summed E-state index contributed by atoms with van der Waals surface area (Å²) in [6.45, 7) is 7.66. The van der Waals surface area contributed by atoms with Crippen LogP contribution in [0, 0.1) is 11.8 Å². The van der Waals surface area contributed by atoms with Gasteiger partial charge in [-0.2, -0.15) is 0 Å². The summed E-state index contributed by atoms with van der Waals surface area (Å²) in [5.74, 6) is 6.74. The lowest BCUT2D eigenvalue weighted by molar-refractivity contribution is 0.340. The second-order valence-electron chi connectivity index (χ2n) is 3.20. The van der Waals surface area contributed by atoms with Gasteiger partial charge >= 0.3 is 0 Å². The van der Waals surface area contributed by atoms with E-state index in [1.807, 2.05) is 0 Å². The molecule has 0 amide bonds. The average Bonchev–Trinajstić information content (AvgIpc) is 1.87. The zero-order valence-electron chi connectivity index (χ0n) is 7.35. The molecule has 0 rings (SSSR count). The highest BCUT2D eigenvalue weighted by molar-refractivity contribution is 4.63. The molecule has 0 saturated heterocycles. The second kappa shape index (κ2) is 5.69. The van der Waals surface area contributed by atoms with Crippen LogP contribution in [0.1, 0.15) is 33.6 Å². The molecule has 0 fully saturated rings. The molecule has 0 aliphatic carbocycles. The van der Waals surface area contributed by atoms with Crippen LogP contribution in [-0.2, 0) is 0 Å². The minimum Gasteiger partial charge on any atom is -0.271 e. The first-order valence-electron chi connectivity index (χ1n) is 4.15. The van der Waals surface area contributed by atoms with Crippen molar-refractivity contribution in [2.75, 3.05) is 6.54 Å². The van der Waals surface area contributed by atoms with Crippen molar-refractivity contribution < 1.29 is 0 Å². The summed E-state index contributed by atoms with van der Waals surface area (Å²) in [5, 5.41) is 0. The van der Waals surface area contributed by atoms with Gasteiger partial charge in [0.05, 0.1) is 0 Å². The predicted molar refractivity (Wildman–Crippen MR) is 45.4 cm³/mol. The van der Waals surface area contributed by atoms with E-state index >= 15 is 0 Å². The molecule has 0 unspecified atom stereocenters. The Bertz CT molecular complexity index is 65.7. The molecule has 0 aromatic heterocycles. The Labute approximate surface area is 64.2 Å². The number of hydrazine groups is 1. The molecule has 0 spiro atoms. The van der Waals surface area contributed by atoms with E-state index < -0.39 is 0 Å². The van der Waals surface area contributed by atoms with Crippen molar-refractivity contribution in [1.29, 1.82) is 0 Å². The van der Waals surface area contributed by atoms with Gasteiger partial charge in [-0.25, -0.2) is 0 Å². The molecule has 0 bridgehead atoms. The molecule has 0 heterocycles. The predicted octanol–water partition coefficient (Wildman–Crippen LogP) is 1.52. The SMILES string of the molecule is CCC[C@@H](CNN)C(C)C. The van der Waals surface area contributed by atoms with E-state index in [-0.39, 0.29) is 0 Å². The first-order valence-corrected chi connectivity index (χ1v) is 4.15. The average molecular weight is 144 g/mol. The molecule has 0 aliphatic heterocycles. The summed E-state index contributed by atoms with van der Waals surface area (Å²) < 4.78 is 0. The molecule has 2 heteroatoms. The standard InChI is InChI=1S/C8H20N2/c1-4-5-8(6-10-9)7(2)3/h7-8,10H,4-6,9H2,1-3H3/t8-/m0/s1. The van der Waals surface area contributed by atoms with Gasteiger partial charge in [-0.1, -0.05) is 27.2 Å². The normalized spacial score (nSPS) is 14.1. The number of hydrogen-bond acceptors (Lipinski definition) is 2. The van der Waals surface area contributed by atoms with Crippen molar-refractivity contribution in [1.82, 2.24) is 5.43 Å². The fourth-order valence-corrected chi connectivity index (χ4v) is 1.19. The molecule has 0 radical (unpaired) electrons. The van der Waals surface area contributed by atoms with Gasteiger partial charge in [0.2, 0.25) is 0 Å². The second-order valence-corrected chi connectivity index (χ2v) is 3.20. The van der Waals surface area contributed by atoms with Gasteiger partial charge < -0.3 is 0 Å². The van der Waals surface area contributed by atoms with Crippen LogP contribution in [0.25, 0.3) is 0 Å². The van der Waals surface area contributed by atoms with Crippen LogP contribution in [0.5, 0.6) is 0 Å². The first-order chi connectivity index (χ1) is 4.72. The molecule has 3 N–H and O–H groups in total. The van der Waals surface area contributed by atoms with Gasteiger partial charge in [0.15, 0.2) is 0 Å². The van der Waals surface area contributed by atoms with Crippen LogP contribution in [0.2, 0.25) is 0 Å². The first kappa shape index (κ1) is 9.92. The van der Waals surface area contributed by atoms with Crippen molar-refractivity contribution in [3.05, 3.63) is 0 Å². The van der Waals surface area contributed by atoms with E-state index in [1.54, 1.807) is 0 Å². The molecular formula is C8H20N2. The van der Waals surface area contributed by atoms with Gasteiger partial charge in [0.1, 0.15) is 0 Å². The van der Waals surface area contributed by atoms with E-state index in [0.29, 0.717) is 0 Å². The number of hydrogen-bond donors (Lipinski definition) is 2. The lowest BCUT2D eigenvalue weighted by Crippen LogP contribution is -2.31. The smallest absolute Gasteiger partial charge is 0.0128 e. The van der Waals surface area contributed by atoms with Gasteiger partial charge in [-0.3, -0.25) is 11.3 Å². The Kier molecular flexibility index (Phi) is 5.64. The van der Waals surface area contributed by atoms with Gasteiger partial charge in [-0.05, 0) is 18.3 Å². The van der Waals surface area contributed by atoms with E-state index in [1.165, 1.54) is 12.8 Å². The van der Waals surface area contributed by atoms with Crippen molar-refractivity contribution in [2.24, 2.45) is 17.7 Å². The van der Waals surface area contributed by atoms with Gasteiger partial charge in [0, 0.05) is 6.54 Å². The van der Waals surface area contributed by atoms with Crippen LogP contribution in [0.3, 0.4) is 0 Å². The maximum Gasteiger partial charge on any atom is 0.0128 e. The summed E-state index contributed by atoms with van der Waals surface area (Å²) in [4.78, 5) is 0. The lowest BCUT2D eigenvalue weighted by atomic mass is 9.92. The van der Waals surface area contributed by atoms with Crippen LogP contribution in [0.4, 0.5) is 0 Å². The van der Waals surface area contributed by atoms with E-state index in [4.69, 9.17) is 5.84 Å². The third kappa shape index (κ3) is 3.85. The Hall–Kier alpha value is -0.0800. The third-order valence-electron chi connectivity index (χ3n) is 1.98. The number of rotatable bonds is 5. The van der Waals surface area contributed by atoms with Gasteiger partial charge in [0.25, 0.3) is 0 Å². The molecule has 2 nitrogen and oxygen atoms in total. The molecule has 0 saturated carbocycles. The van der Waals surface area contributed by atoms with Crippen LogP contribution < -0.4 is 11.3 Å². The van der Waals surface area contributed by atoms with Crippen LogP contribution in [-0.4, -0.2) is 6.54 Å². The highest BCUT2D eigenvalue weighted by Crippen LogP contribution is 2.15. The van der Waals surface area contributed by atoms with E-state index in [0.717, 1.165) is 18.4 Å².